The standard InChI is InChI=1S/C20H22FNOS/c1-22(15-16-5-3-2-4-6-16)9-11-23-10-7-17-13-18-8-12-24-20(18)14-19(17)21/h2-6,8,12-14H,7,9-11,15H2,1H3. The minimum atomic E-state index is -0.130. The number of hydrogen-bond donors (Lipinski definition) is 0. The number of halogens is 1. The van der Waals surface area contributed by atoms with Crippen LogP contribution < -0.4 is 0 Å². The van der Waals surface area contributed by atoms with Gasteiger partial charge in [0.2, 0.25) is 0 Å². The van der Waals surface area contributed by atoms with Gasteiger partial charge in [-0.05, 0) is 53.6 Å². The predicted molar refractivity (Wildman–Crippen MR) is 99.1 cm³/mol. The van der Waals surface area contributed by atoms with E-state index in [1.165, 1.54) is 5.56 Å². The Balaban J connectivity index is 1.39. The number of ether oxygens (including phenoxy) is 1. The maximum absolute atomic E-state index is 14.0. The summed E-state index contributed by atoms with van der Waals surface area (Å²) in [6, 6.07) is 16.0. The molecule has 0 amide bonds. The second kappa shape index (κ2) is 8.38. The summed E-state index contributed by atoms with van der Waals surface area (Å²) in [6.07, 6.45) is 0.611. The smallest absolute Gasteiger partial charge is 0.127 e. The molecule has 0 unspecified atom stereocenters. The molecule has 0 saturated carbocycles. The second-order valence-corrected chi connectivity index (χ2v) is 6.94. The van der Waals surface area contributed by atoms with Crippen molar-refractivity contribution >= 4 is 21.4 Å². The first-order valence-corrected chi connectivity index (χ1v) is 9.06. The molecule has 3 rings (SSSR count). The first-order valence-electron chi connectivity index (χ1n) is 8.18. The molecule has 0 bridgehead atoms. The van der Waals surface area contributed by atoms with Crippen molar-refractivity contribution < 1.29 is 9.13 Å². The number of rotatable bonds is 8. The Hall–Kier alpha value is -1.75. The molecular weight excluding hydrogens is 321 g/mol. The number of fused-ring (bicyclic) bond motifs is 1. The highest BCUT2D eigenvalue weighted by Crippen LogP contribution is 2.24. The van der Waals surface area contributed by atoms with E-state index in [1.807, 2.05) is 23.6 Å². The summed E-state index contributed by atoms with van der Waals surface area (Å²) in [5.74, 6) is -0.130. The molecule has 3 aromatic rings. The van der Waals surface area contributed by atoms with E-state index in [9.17, 15) is 4.39 Å². The van der Waals surface area contributed by atoms with Gasteiger partial charge < -0.3 is 4.74 Å². The quantitative estimate of drug-likeness (QED) is 0.548. The lowest BCUT2D eigenvalue weighted by molar-refractivity contribution is 0.112. The largest absolute Gasteiger partial charge is 0.380 e. The van der Waals surface area contributed by atoms with Gasteiger partial charge >= 0.3 is 0 Å². The molecule has 1 aromatic heterocycles. The zero-order chi connectivity index (χ0) is 16.8. The highest BCUT2D eigenvalue weighted by atomic mass is 32.1. The van der Waals surface area contributed by atoms with E-state index in [1.54, 1.807) is 17.4 Å². The molecule has 2 aromatic carbocycles. The molecule has 0 spiro atoms. The Labute approximate surface area is 146 Å². The molecule has 24 heavy (non-hydrogen) atoms. The lowest BCUT2D eigenvalue weighted by Gasteiger charge is -2.16. The highest BCUT2D eigenvalue weighted by Gasteiger charge is 2.06. The van der Waals surface area contributed by atoms with Crippen LogP contribution in [0.15, 0.2) is 53.9 Å². The normalized spacial score (nSPS) is 11.5. The van der Waals surface area contributed by atoms with Gasteiger partial charge in [-0.3, -0.25) is 4.90 Å². The van der Waals surface area contributed by atoms with Crippen LogP contribution in [0.2, 0.25) is 0 Å². The van der Waals surface area contributed by atoms with Crippen molar-refractivity contribution in [2.75, 3.05) is 26.8 Å². The third kappa shape index (κ3) is 4.63. The van der Waals surface area contributed by atoms with Gasteiger partial charge in [-0.25, -0.2) is 4.39 Å². The van der Waals surface area contributed by atoms with Crippen LogP contribution >= 0.6 is 11.3 Å². The van der Waals surface area contributed by atoms with Crippen LogP contribution in [0, 0.1) is 5.82 Å². The van der Waals surface area contributed by atoms with E-state index in [0.717, 1.165) is 28.7 Å². The molecule has 1 heterocycles. The summed E-state index contributed by atoms with van der Waals surface area (Å²) in [7, 11) is 2.08. The number of likely N-dealkylation sites (N-methyl/N-ethyl adjacent to an activating group) is 1. The number of benzene rings is 2. The van der Waals surface area contributed by atoms with Crippen molar-refractivity contribution in [1.82, 2.24) is 4.90 Å². The van der Waals surface area contributed by atoms with Crippen molar-refractivity contribution in [3.8, 4) is 0 Å². The van der Waals surface area contributed by atoms with Crippen LogP contribution in [0.25, 0.3) is 10.1 Å². The summed E-state index contributed by atoms with van der Waals surface area (Å²) in [6.45, 7) is 2.98. The Morgan fingerprint density at radius 2 is 1.92 bits per heavy atom. The maximum Gasteiger partial charge on any atom is 0.127 e. The molecule has 0 atom stereocenters. The first kappa shape index (κ1) is 17.1. The zero-order valence-electron chi connectivity index (χ0n) is 13.9. The lowest BCUT2D eigenvalue weighted by Crippen LogP contribution is -2.23. The minimum Gasteiger partial charge on any atom is -0.380 e. The van der Waals surface area contributed by atoms with E-state index in [4.69, 9.17) is 4.74 Å². The fourth-order valence-electron chi connectivity index (χ4n) is 2.70. The van der Waals surface area contributed by atoms with Crippen molar-refractivity contribution in [2.24, 2.45) is 0 Å². The fraction of sp³-hybridized carbons (Fsp3) is 0.300. The van der Waals surface area contributed by atoms with Crippen molar-refractivity contribution in [3.63, 3.8) is 0 Å². The van der Waals surface area contributed by atoms with Gasteiger partial charge in [-0.1, -0.05) is 30.3 Å². The van der Waals surface area contributed by atoms with Gasteiger partial charge in [0.15, 0.2) is 0 Å². The molecule has 0 aliphatic rings. The van der Waals surface area contributed by atoms with Crippen LogP contribution in [0.3, 0.4) is 0 Å². The van der Waals surface area contributed by atoms with Crippen molar-refractivity contribution in [1.29, 1.82) is 0 Å². The van der Waals surface area contributed by atoms with Gasteiger partial charge in [-0.2, -0.15) is 0 Å². The lowest BCUT2D eigenvalue weighted by atomic mass is 10.1. The van der Waals surface area contributed by atoms with E-state index in [0.29, 0.717) is 19.6 Å². The molecule has 2 nitrogen and oxygen atoms in total. The molecular formula is C20H22FNOS. The third-order valence-corrected chi connectivity index (χ3v) is 4.93. The van der Waals surface area contributed by atoms with Gasteiger partial charge in [-0.15, -0.1) is 11.3 Å². The molecule has 0 N–H and O–H groups in total. The average molecular weight is 343 g/mol. The summed E-state index contributed by atoms with van der Waals surface area (Å²) in [5.41, 5.74) is 2.03. The van der Waals surface area contributed by atoms with Crippen molar-refractivity contribution in [2.45, 2.75) is 13.0 Å². The zero-order valence-corrected chi connectivity index (χ0v) is 14.7. The molecule has 0 radical (unpaired) electrons. The molecule has 126 valence electrons. The third-order valence-electron chi connectivity index (χ3n) is 4.05. The van der Waals surface area contributed by atoms with Crippen LogP contribution in [-0.4, -0.2) is 31.7 Å². The molecule has 0 aliphatic heterocycles. The molecule has 0 fully saturated rings. The van der Waals surface area contributed by atoms with Gasteiger partial charge in [0, 0.05) is 17.8 Å². The van der Waals surface area contributed by atoms with Crippen molar-refractivity contribution in [3.05, 3.63) is 70.9 Å². The number of nitrogens with zero attached hydrogens (tertiary/aromatic N) is 1. The van der Waals surface area contributed by atoms with E-state index in [2.05, 4.69) is 36.2 Å². The van der Waals surface area contributed by atoms with Gasteiger partial charge in [0.05, 0.1) is 13.2 Å². The molecule has 0 saturated heterocycles. The summed E-state index contributed by atoms with van der Waals surface area (Å²) in [4.78, 5) is 2.23. The predicted octanol–water partition coefficient (Wildman–Crippen LogP) is 4.73. The van der Waals surface area contributed by atoms with Crippen LogP contribution in [0.5, 0.6) is 0 Å². The van der Waals surface area contributed by atoms with Crippen LogP contribution in [0.4, 0.5) is 4.39 Å². The Kier molecular flexibility index (Phi) is 5.96. The maximum atomic E-state index is 14.0. The minimum absolute atomic E-state index is 0.130. The first-order chi connectivity index (χ1) is 11.7. The second-order valence-electron chi connectivity index (χ2n) is 5.99. The Bertz CT molecular complexity index is 772. The van der Waals surface area contributed by atoms with E-state index in [-0.39, 0.29) is 5.82 Å². The topological polar surface area (TPSA) is 12.5 Å². The van der Waals surface area contributed by atoms with Gasteiger partial charge in [0.25, 0.3) is 0 Å². The fourth-order valence-corrected chi connectivity index (χ4v) is 3.50. The summed E-state index contributed by atoms with van der Waals surface area (Å²) in [5, 5.41) is 3.10. The Morgan fingerprint density at radius 1 is 1.08 bits per heavy atom. The van der Waals surface area contributed by atoms with Gasteiger partial charge in [0.1, 0.15) is 5.82 Å². The number of thiophene rings is 1. The molecule has 0 aliphatic carbocycles. The van der Waals surface area contributed by atoms with E-state index < -0.39 is 0 Å². The monoisotopic (exact) mass is 343 g/mol. The van der Waals surface area contributed by atoms with Crippen LogP contribution in [-0.2, 0) is 17.7 Å². The molecule has 4 heteroatoms. The number of hydrogen-bond acceptors (Lipinski definition) is 3. The average Bonchev–Trinajstić information content (AvgIpc) is 3.02. The summed E-state index contributed by atoms with van der Waals surface area (Å²) < 4.78 is 20.7. The summed E-state index contributed by atoms with van der Waals surface area (Å²) >= 11 is 1.57. The SMILES string of the molecule is CN(CCOCCc1cc2ccsc2cc1F)Cc1ccccc1. The highest BCUT2D eigenvalue weighted by molar-refractivity contribution is 7.17. The van der Waals surface area contributed by atoms with Crippen LogP contribution in [0.1, 0.15) is 11.1 Å². The van der Waals surface area contributed by atoms with E-state index >= 15 is 0 Å². The Morgan fingerprint density at radius 3 is 2.75 bits per heavy atom.